The first-order chi connectivity index (χ1) is 9.90. The van der Waals surface area contributed by atoms with E-state index in [4.69, 9.17) is 10.5 Å². The van der Waals surface area contributed by atoms with Gasteiger partial charge in [0, 0.05) is 18.8 Å². The van der Waals surface area contributed by atoms with Crippen molar-refractivity contribution in [2.24, 2.45) is 12.8 Å². The second kappa shape index (κ2) is 5.83. The SMILES string of the molecule is Cc1cc(C(N)=O)cc(C)c1OCC(=O)c1cccn1C. The molecule has 0 aliphatic carbocycles. The van der Waals surface area contributed by atoms with Gasteiger partial charge in [-0.25, -0.2) is 0 Å². The van der Waals surface area contributed by atoms with E-state index in [0.717, 1.165) is 11.1 Å². The maximum atomic E-state index is 12.1. The predicted octanol–water partition coefficient (Wildman–Crippen LogP) is 2.00. The summed E-state index contributed by atoms with van der Waals surface area (Å²) in [4.78, 5) is 23.3. The monoisotopic (exact) mass is 286 g/mol. The number of hydrogen-bond donors (Lipinski definition) is 1. The molecule has 2 N–H and O–H groups in total. The van der Waals surface area contributed by atoms with Crippen LogP contribution in [0.3, 0.4) is 0 Å². The van der Waals surface area contributed by atoms with Crippen molar-refractivity contribution in [3.63, 3.8) is 0 Å². The minimum atomic E-state index is -0.479. The molecule has 0 atom stereocenters. The number of nitrogens with zero attached hydrogens (tertiary/aromatic N) is 1. The van der Waals surface area contributed by atoms with Crippen LogP contribution in [-0.2, 0) is 7.05 Å². The van der Waals surface area contributed by atoms with E-state index in [1.807, 2.05) is 33.2 Å². The zero-order chi connectivity index (χ0) is 15.6. The fourth-order valence-corrected chi connectivity index (χ4v) is 2.28. The minimum absolute atomic E-state index is 0.0462. The number of aromatic nitrogens is 1. The molecule has 0 unspecified atom stereocenters. The summed E-state index contributed by atoms with van der Waals surface area (Å²) in [7, 11) is 1.81. The summed E-state index contributed by atoms with van der Waals surface area (Å²) in [6.07, 6.45) is 1.81. The predicted molar refractivity (Wildman–Crippen MR) is 79.7 cm³/mol. The number of benzene rings is 1. The van der Waals surface area contributed by atoms with Gasteiger partial charge in [0.05, 0.1) is 5.69 Å². The van der Waals surface area contributed by atoms with Crippen LogP contribution in [-0.4, -0.2) is 22.9 Å². The minimum Gasteiger partial charge on any atom is -0.485 e. The molecule has 1 aromatic carbocycles. The summed E-state index contributed by atoms with van der Waals surface area (Å²) >= 11 is 0. The molecule has 1 aromatic heterocycles. The summed E-state index contributed by atoms with van der Waals surface area (Å²) in [5, 5.41) is 0. The molecule has 0 saturated carbocycles. The van der Waals surface area contributed by atoms with Gasteiger partial charge in [-0.15, -0.1) is 0 Å². The first kappa shape index (κ1) is 14.8. The van der Waals surface area contributed by atoms with Crippen molar-refractivity contribution in [3.05, 3.63) is 52.8 Å². The summed E-state index contributed by atoms with van der Waals surface area (Å²) in [6, 6.07) is 6.89. The van der Waals surface area contributed by atoms with E-state index in [1.165, 1.54) is 0 Å². The highest BCUT2D eigenvalue weighted by atomic mass is 16.5. The van der Waals surface area contributed by atoms with Crippen LogP contribution in [0.4, 0.5) is 0 Å². The van der Waals surface area contributed by atoms with Gasteiger partial charge in [-0.3, -0.25) is 9.59 Å². The Labute approximate surface area is 123 Å². The van der Waals surface area contributed by atoms with Crippen LogP contribution in [0.25, 0.3) is 0 Å². The second-order valence-corrected chi connectivity index (χ2v) is 5.02. The van der Waals surface area contributed by atoms with E-state index in [0.29, 0.717) is 17.0 Å². The van der Waals surface area contributed by atoms with Crippen molar-refractivity contribution in [2.45, 2.75) is 13.8 Å². The average molecular weight is 286 g/mol. The number of amides is 1. The van der Waals surface area contributed by atoms with Crippen molar-refractivity contribution in [1.82, 2.24) is 4.57 Å². The Morgan fingerprint density at radius 2 is 1.86 bits per heavy atom. The second-order valence-electron chi connectivity index (χ2n) is 5.02. The van der Waals surface area contributed by atoms with Crippen LogP contribution in [0.1, 0.15) is 32.0 Å². The van der Waals surface area contributed by atoms with Crippen LogP contribution in [0.2, 0.25) is 0 Å². The number of carbonyl (C=O) groups excluding carboxylic acids is 2. The maximum Gasteiger partial charge on any atom is 0.248 e. The van der Waals surface area contributed by atoms with Crippen molar-refractivity contribution < 1.29 is 14.3 Å². The third-order valence-corrected chi connectivity index (χ3v) is 3.32. The number of ether oxygens (including phenoxy) is 1. The molecule has 21 heavy (non-hydrogen) atoms. The van der Waals surface area contributed by atoms with E-state index in [9.17, 15) is 9.59 Å². The zero-order valence-electron chi connectivity index (χ0n) is 12.3. The van der Waals surface area contributed by atoms with Gasteiger partial charge in [0.1, 0.15) is 5.75 Å². The van der Waals surface area contributed by atoms with Crippen molar-refractivity contribution in [1.29, 1.82) is 0 Å². The zero-order valence-corrected chi connectivity index (χ0v) is 12.3. The van der Waals surface area contributed by atoms with Gasteiger partial charge in [-0.2, -0.15) is 0 Å². The van der Waals surface area contributed by atoms with Crippen molar-refractivity contribution >= 4 is 11.7 Å². The summed E-state index contributed by atoms with van der Waals surface area (Å²) in [5.41, 5.74) is 7.86. The lowest BCUT2D eigenvalue weighted by Crippen LogP contribution is -2.16. The highest BCUT2D eigenvalue weighted by Gasteiger charge is 2.13. The lowest BCUT2D eigenvalue weighted by atomic mass is 10.1. The molecule has 5 heteroatoms. The summed E-state index contributed by atoms with van der Waals surface area (Å²) < 4.78 is 7.38. The fourth-order valence-electron chi connectivity index (χ4n) is 2.28. The first-order valence-electron chi connectivity index (χ1n) is 6.58. The summed E-state index contributed by atoms with van der Waals surface area (Å²) in [5.74, 6) is 0.0375. The van der Waals surface area contributed by atoms with Gasteiger partial charge in [0.25, 0.3) is 0 Å². The van der Waals surface area contributed by atoms with E-state index in [2.05, 4.69) is 0 Å². The molecular weight excluding hydrogens is 268 g/mol. The molecule has 0 fully saturated rings. The number of carbonyl (C=O) groups is 2. The highest BCUT2D eigenvalue weighted by Crippen LogP contribution is 2.25. The number of hydrogen-bond acceptors (Lipinski definition) is 3. The Bertz CT molecular complexity index is 678. The third-order valence-electron chi connectivity index (χ3n) is 3.32. The van der Waals surface area contributed by atoms with E-state index in [-0.39, 0.29) is 12.4 Å². The Balaban J connectivity index is 2.16. The quantitative estimate of drug-likeness (QED) is 0.854. The van der Waals surface area contributed by atoms with Gasteiger partial charge in [0.2, 0.25) is 11.7 Å². The smallest absolute Gasteiger partial charge is 0.248 e. The Morgan fingerprint density at radius 1 is 1.24 bits per heavy atom. The Hall–Kier alpha value is -2.56. The van der Waals surface area contributed by atoms with Crippen LogP contribution < -0.4 is 10.5 Å². The Morgan fingerprint density at radius 3 is 2.33 bits per heavy atom. The molecule has 0 spiro atoms. The number of primary amides is 1. The van der Waals surface area contributed by atoms with Crippen LogP contribution in [0.5, 0.6) is 5.75 Å². The normalized spacial score (nSPS) is 10.4. The van der Waals surface area contributed by atoms with Gasteiger partial charge in [-0.05, 0) is 49.2 Å². The molecule has 0 saturated heterocycles. The Kier molecular flexibility index (Phi) is 4.12. The van der Waals surface area contributed by atoms with Crippen molar-refractivity contribution in [2.75, 3.05) is 6.61 Å². The topological polar surface area (TPSA) is 74.3 Å². The van der Waals surface area contributed by atoms with Gasteiger partial charge in [0.15, 0.2) is 6.61 Å². The molecule has 1 amide bonds. The molecule has 0 aliphatic heterocycles. The molecule has 0 bridgehead atoms. The van der Waals surface area contributed by atoms with Crippen LogP contribution in [0, 0.1) is 13.8 Å². The first-order valence-corrected chi connectivity index (χ1v) is 6.58. The maximum absolute atomic E-state index is 12.1. The van der Waals surface area contributed by atoms with Gasteiger partial charge >= 0.3 is 0 Å². The van der Waals surface area contributed by atoms with Crippen molar-refractivity contribution in [3.8, 4) is 5.75 Å². The van der Waals surface area contributed by atoms with Crippen LogP contribution in [0.15, 0.2) is 30.5 Å². The molecule has 0 radical (unpaired) electrons. The van der Waals surface area contributed by atoms with Crippen LogP contribution >= 0.6 is 0 Å². The molecule has 2 aromatic rings. The molecule has 1 heterocycles. The summed E-state index contributed by atoms with van der Waals surface area (Å²) in [6.45, 7) is 3.60. The van der Waals surface area contributed by atoms with Gasteiger partial charge < -0.3 is 15.0 Å². The largest absolute Gasteiger partial charge is 0.485 e. The lowest BCUT2D eigenvalue weighted by molar-refractivity contribution is 0.0911. The molecule has 110 valence electrons. The highest BCUT2D eigenvalue weighted by molar-refractivity contribution is 5.96. The third kappa shape index (κ3) is 3.13. The van der Waals surface area contributed by atoms with Gasteiger partial charge in [-0.1, -0.05) is 0 Å². The molecular formula is C16H18N2O3. The molecule has 2 rings (SSSR count). The molecule has 0 aliphatic rings. The number of aryl methyl sites for hydroxylation is 3. The van der Waals surface area contributed by atoms with E-state index >= 15 is 0 Å². The number of Topliss-reactive ketones (excluding diaryl/α,β-unsaturated/α-hetero) is 1. The fraction of sp³-hybridized carbons (Fsp3) is 0.250. The average Bonchev–Trinajstić information content (AvgIpc) is 2.83. The number of nitrogens with two attached hydrogens (primary N) is 1. The number of rotatable bonds is 5. The standard InChI is InChI=1S/C16H18N2O3/c1-10-7-12(16(17)20)8-11(2)15(10)21-9-14(19)13-5-4-6-18(13)3/h4-8H,9H2,1-3H3,(H2,17,20). The van der Waals surface area contributed by atoms with E-state index in [1.54, 1.807) is 22.8 Å². The lowest BCUT2D eigenvalue weighted by Gasteiger charge is -2.13. The number of ketones is 1. The van der Waals surface area contributed by atoms with E-state index < -0.39 is 5.91 Å². The molecule has 5 nitrogen and oxygen atoms in total.